The summed E-state index contributed by atoms with van der Waals surface area (Å²) in [6, 6.07) is 5.40. The second kappa shape index (κ2) is 5.30. The van der Waals surface area contributed by atoms with Crippen molar-refractivity contribution in [1.82, 2.24) is 20.5 Å². The quantitative estimate of drug-likeness (QED) is 0.884. The Morgan fingerprint density at radius 3 is 2.88 bits per heavy atom. The summed E-state index contributed by atoms with van der Waals surface area (Å²) in [7, 11) is 0. The van der Waals surface area contributed by atoms with Gasteiger partial charge < -0.3 is 5.32 Å². The maximum atomic E-state index is 6.02. The van der Waals surface area contributed by atoms with E-state index in [4.69, 9.17) is 23.2 Å². The van der Waals surface area contributed by atoms with Gasteiger partial charge >= 0.3 is 0 Å². The fraction of sp³-hybridized carbons (Fsp3) is 0.200. The first-order valence-electron chi connectivity index (χ1n) is 4.74. The second-order valence-electron chi connectivity index (χ2n) is 3.27. The Bertz CT molecular complexity index is 456. The molecule has 1 aromatic heterocycles. The Morgan fingerprint density at radius 2 is 2.12 bits per heavy atom. The molecule has 1 heterocycles. The Balaban J connectivity index is 1.92. The summed E-state index contributed by atoms with van der Waals surface area (Å²) in [4.78, 5) is 4.00. The van der Waals surface area contributed by atoms with Crippen LogP contribution in [0.1, 0.15) is 11.4 Å². The largest absolute Gasteiger partial charge is 0.306 e. The van der Waals surface area contributed by atoms with Crippen LogP contribution in [0.3, 0.4) is 0 Å². The molecule has 2 aromatic rings. The van der Waals surface area contributed by atoms with Gasteiger partial charge in [-0.05, 0) is 23.8 Å². The first-order valence-corrected chi connectivity index (χ1v) is 5.50. The van der Waals surface area contributed by atoms with Crippen molar-refractivity contribution in [3.63, 3.8) is 0 Å². The van der Waals surface area contributed by atoms with Gasteiger partial charge in [0.15, 0.2) is 0 Å². The minimum absolute atomic E-state index is 0.614. The predicted octanol–water partition coefficient (Wildman–Crippen LogP) is 2.40. The van der Waals surface area contributed by atoms with Gasteiger partial charge in [0.2, 0.25) is 0 Å². The summed E-state index contributed by atoms with van der Waals surface area (Å²) in [6.45, 7) is 1.25. The Hall–Kier alpha value is -1.10. The lowest BCUT2D eigenvalue weighted by Gasteiger charge is -2.05. The molecule has 0 saturated heterocycles. The molecule has 6 heteroatoms. The maximum Gasteiger partial charge on any atom is 0.138 e. The molecule has 0 atom stereocenters. The van der Waals surface area contributed by atoms with Gasteiger partial charge in [-0.1, -0.05) is 23.2 Å². The Kier molecular flexibility index (Phi) is 3.77. The molecule has 2 N–H and O–H groups in total. The molecule has 0 saturated carbocycles. The van der Waals surface area contributed by atoms with Crippen molar-refractivity contribution in [2.75, 3.05) is 0 Å². The highest BCUT2D eigenvalue weighted by Gasteiger charge is 2.01. The fourth-order valence-corrected chi connectivity index (χ4v) is 1.69. The zero-order valence-electron chi connectivity index (χ0n) is 8.37. The van der Waals surface area contributed by atoms with Gasteiger partial charge in [0.1, 0.15) is 12.2 Å². The SMILES string of the molecule is Clc1ccc(Cl)c(CNCc2ncn[nH]2)c1. The van der Waals surface area contributed by atoms with Crippen LogP contribution in [0, 0.1) is 0 Å². The van der Waals surface area contributed by atoms with Crippen molar-refractivity contribution < 1.29 is 0 Å². The number of halogens is 2. The van der Waals surface area contributed by atoms with E-state index in [1.54, 1.807) is 12.1 Å². The van der Waals surface area contributed by atoms with E-state index in [1.165, 1.54) is 6.33 Å². The number of nitrogens with one attached hydrogen (secondary N) is 2. The summed E-state index contributed by atoms with van der Waals surface area (Å²) in [5.74, 6) is 0.790. The molecule has 0 aliphatic heterocycles. The van der Waals surface area contributed by atoms with E-state index < -0.39 is 0 Å². The minimum atomic E-state index is 0.614. The number of benzene rings is 1. The summed E-state index contributed by atoms with van der Waals surface area (Å²) in [6.07, 6.45) is 1.48. The lowest BCUT2D eigenvalue weighted by molar-refractivity contribution is 0.665. The average Bonchev–Trinajstić information content (AvgIpc) is 2.76. The van der Waals surface area contributed by atoms with Crippen LogP contribution in [0.5, 0.6) is 0 Å². The zero-order valence-corrected chi connectivity index (χ0v) is 9.89. The molecule has 1 aromatic carbocycles. The third-order valence-corrected chi connectivity index (χ3v) is 2.68. The van der Waals surface area contributed by atoms with E-state index in [1.807, 2.05) is 6.07 Å². The standard InChI is InChI=1S/C10H10Cl2N4/c11-8-1-2-9(12)7(3-8)4-13-5-10-14-6-15-16-10/h1-3,6,13H,4-5H2,(H,14,15,16). The van der Waals surface area contributed by atoms with Gasteiger partial charge in [0.25, 0.3) is 0 Å². The molecule has 0 aliphatic rings. The number of hydrogen-bond acceptors (Lipinski definition) is 3. The van der Waals surface area contributed by atoms with Crippen LogP contribution in [0.4, 0.5) is 0 Å². The van der Waals surface area contributed by atoms with E-state index >= 15 is 0 Å². The van der Waals surface area contributed by atoms with Gasteiger partial charge in [-0.15, -0.1) is 0 Å². The molecule has 0 spiro atoms. The predicted molar refractivity (Wildman–Crippen MR) is 63.4 cm³/mol. The molecular weight excluding hydrogens is 247 g/mol. The molecule has 0 amide bonds. The van der Waals surface area contributed by atoms with Crippen LogP contribution in [0.25, 0.3) is 0 Å². The van der Waals surface area contributed by atoms with Crippen LogP contribution < -0.4 is 5.32 Å². The molecule has 0 fully saturated rings. The number of aromatic nitrogens is 3. The zero-order chi connectivity index (χ0) is 11.4. The van der Waals surface area contributed by atoms with E-state index in [-0.39, 0.29) is 0 Å². The molecule has 0 aliphatic carbocycles. The smallest absolute Gasteiger partial charge is 0.138 e. The number of rotatable bonds is 4. The van der Waals surface area contributed by atoms with Crippen molar-refractivity contribution in [1.29, 1.82) is 0 Å². The van der Waals surface area contributed by atoms with Crippen molar-refractivity contribution >= 4 is 23.2 Å². The monoisotopic (exact) mass is 256 g/mol. The van der Waals surface area contributed by atoms with Crippen molar-refractivity contribution in [2.24, 2.45) is 0 Å². The highest BCUT2D eigenvalue weighted by Crippen LogP contribution is 2.20. The van der Waals surface area contributed by atoms with Crippen molar-refractivity contribution in [3.05, 3.63) is 46.0 Å². The summed E-state index contributed by atoms with van der Waals surface area (Å²) in [5, 5.41) is 11.1. The number of nitrogens with zero attached hydrogens (tertiary/aromatic N) is 2. The minimum Gasteiger partial charge on any atom is -0.306 e. The highest BCUT2D eigenvalue weighted by atomic mass is 35.5. The summed E-state index contributed by atoms with van der Waals surface area (Å²) in [5.41, 5.74) is 0.966. The molecule has 0 radical (unpaired) electrons. The van der Waals surface area contributed by atoms with Gasteiger partial charge in [-0.25, -0.2) is 4.98 Å². The molecule has 2 rings (SSSR count). The molecule has 84 valence electrons. The highest BCUT2D eigenvalue weighted by molar-refractivity contribution is 6.33. The number of hydrogen-bond donors (Lipinski definition) is 2. The first-order chi connectivity index (χ1) is 7.75. The molecule has 0 bridgehead atoms. The van der Waals surface area contributed by atoms with Gasteiger partial charge in [0, 0.05) is 16.6 Å². The van der Waals surface area contributed by atoms with E-state index in [9.17, 15) is 0 Å². The van der Waals surface area contributed by atoms with Gasteiger partial charge in [0.05, 0.1) is 6.54 Å². The molecule has 0 unspecified atom stereocenters. The Labute approximate surface area is 103 Å². The summed E-state index contributed by atoms with van der Waals surface area (Å²) >= 11 is 11.9. The van der Waals surface area contributed by atoms with Crippen LogP contribution >= 0.6 is 23.2 Å². The second-order valence-corrected chi connectivity index (χ2v) is 4.12. The van der Waals surface area contributed by atoms with Crippen LogP contribution in [-0.4, -0.2) is 15.2 Å². The average molecular weight is 257 g/mol. The lowest BCUT2D eigenvalue weighted by Crippen LogP contribution is -2.14. The van der Waals surface area contributed by atoms with E-state index in [0.29, 0.717) is 23.1 Å². The lowest BCUT2D eigenvalue weighted by atomic mass is 10.2. The normalized spacial score (nSPS) is 10.6. The van der Waals surface area contributed by atoms with Crippen LogP contribution in [0.2, 0.25) is 10.0 Å². The van der Waals surface area contributed by atoms with E-state index in [2.05, 4.69) is 20.5 Å². The Morgan fingerprint density at radius 1 is 1.25 bits per heavy atom. The van der Waals surface area contributed by atoms with Gasteiger partial charge in [-0.2, -0.15) is 5.10 Å². The summed E-state index contributed by atoms with van der Waals surface area (Å²) < 4.78 is 0. The van der Waals surface area contributed by atoms with Crippen LogP contribution in [0.15, 0.2) is 24.5 Å². The number of H-pyrrole nitrogens is 1. The van der Waals surface area contributed by atoms with E-state index in [0.717, 1.165) is 11.4 Å². The molecule has 16 heavy (non-hydrogen) atoms. The van der Waals surface area contributed by atoms with Crippen molar-refractivity contribution in [2.45, 2.75) is 13.1 Å². The maximum absolute atomic E-state index is 6.02. The molecule has 4 nitrogen and oxygen atoms in total. The van der Waals surface area contributed by atoms with Gasteiger partial charge in [-0.3, -0.25) is 5.10 Å². The fourth-order valence-electron chi connectivity index (χ4n) is 1.31. The third kappa shape index (κ3) is 2.95. The first kappa shape index (κ1) is 11.4. The number of aromatic amines is 1. The topological polar surface area (TPSA) is 53.6 Å². The van der Waals surface area contributed by atoms with Crippen LogP contribution in [-0.2, 0) is 13.1 Å². The third-order valence-electron chi connectivity index (χ3n) is 2.08. The molecular formula is C10H10Cl2N4. The van der Waals surface area contributed by atoms with Crippen molar-refractivity contribution in [3.8, 4) is 0 Å².